The van der Waals surface area contributed by atoms with Crippen LogP contribution in [0.4, 0.5) is 5.69 Å². The van der Waals surface area contributed by atoms with Crippen molar-refractivity contribution in [2.24, 2.45) is 0 Å². The average molecular weight is 314 g/mol. The third-order valence-electron chi connectivity index (χ3n) is 3.17. The van der Waals surface area contributed by atoms with E-state index in [1.54, 1.807) is 24.3 Å². The number of carbonyl (C=O) groups excluding carboxylic acids is 1. The number of benzene rings is 2. The fourth-order valence-corrected chi connectivity index (χ4v) is 2.07. The van der Waals surface area contributed by atoms with Crippen molar-refractivity contribution in [2.75, 3.05) is 18.5 Å². The lowest BCUT2D eigenvalue weighted by Crippen LogP contribution is -2.31. The first-order valence-corrected chi connectivity index (χ1v) is 7.56. The van der Waals surface area contributed by atoms with Crippen LogP contribution in [0.25, 0.3) is 0 Å². The Labute approximate surface area is 136 Å². The van der Waals surface area contributed by atoms with Gasteiger partial charge in [-0.15, -0.1) is 0 Å². The molecule has 0 radical (unpaired) electrons. The lowest BCUT2D eigenvalue weighted by atomic mass is 10.2. The maximum atomic E-state index is 10.9. The molecule has 0 aliphatic rings. The largest absolute Gasteiger partial charge is 0.491 e. The van der Waals surface area contributed by atoms with Crippen LogP contribution in [-0.2, 0) is 11.3 Å². The molecular weight excluding hydrogens is 292 g/mol. The maximum Gasteiger partial charge on any atom is 0.221 e. The molecule has 5 nitrogen and oxygen atoms in total. The minimum atomic E-state index is -0.589. The molecule has 0 unspecified atom stereocenters. The molecule has 5 heteroatoms. The molecule has 0 spiro atoms. The van der Waals surface area contributed by atoms with Gasteiger partial charge >= 0.3 is 0 Å². The molecule has 23 heavy (non-hydrogen) atoms. The molecule has 3 N–H and O–H groups in total. The molecule has 0 saturated heterocycles. The molecule has 2 rings (SSSR count). The SMILES string of the molecule is CC(=O)Nc1ccc(OC[C@@H](O)CNCc2ccccc2)cc1. The summed E-state index contributed by atoms with van der Waals surface area (Å²) >= 11 is 0. The molecule has 1 amide bonds. The van der Waals surface area contributed by atoms with Gasteiger partial charge in [0.2, 0.25) is 5.91 Å². The van der Waals surface area contributed by atoms with Gasteiger partial charge < -0.3 is 20.5 Å². The van der Waals surface area contributed by atoms with Gasteiger partial charge in [-0.05, 0) is 29.8 Å². The van der Waals surface area contributed by atoms with E-state index in [1.165, 1.54) is 12.5 Å². The van der Waals surface area contributed by atoms with Crippen molar-refractivity contribution in [1.29, 1.82) is 0 Å². The molecule has 0 heterocycles. The summed E-state index contributed by atoms with van der Waals surface area (Å²) < 4.78 is 5.53. The lowest BCUT2D eigenvalue weighted by Gasteiger charge is -2.13. The number of rotatable bonds is 8. The second-order valence-electron chi connectivity index (χ2n) is 5.29. The summed E-state index contributed by atoms with van der Waals surface area (Å²) in [5, 5.41) is 15.8. The van der Waals surface area contributed by atoms with E-state index in [4.69, 9.17) is 4.74 Å². The van der Waals surface area contributed by atoms with Crippen LogP contribution in [0.15, 0.2) is 54.6 Å². The molecule has 1 atom stereocenters. The van der Waals surface area contributed by atoms with Crippen LogP contribution in [-0.4, -0.2) is 30.3 Å². The number of carbonyl (C=O) groups is 1. The number of aliphatic hydroxyl groups is 1. The molecule has 0 saturated carbocycles. The third-order valence-corrected chi connectivity index (χ3v) is 3.17. The lowest BCUT2D eigenvalue weighted by molar-refractivity contribution is -0.114. The highest BCUT2D eigenvalue weighted by molar-refractivity contribution is 5.88. The van der Waals surface area contributed by atoms with Gasteiger partial charge in [0.05, 0.1) is 0 Å². The highest BCUT2D eigenvalue weighted by atomic mass is 16.5. The van der Waals surface area contributed by atoms with Crippen molar-refractivity contribution in [3.8, 4) is 5.75 Å². The third kappa shape index (κ3) is 6.50. The van der Waals surface area contributed by atoms with Crippen LogP contribution in [0.1, 0.15) is 12.5 Å². The number of aliphatic hydroxyl groups excluding tert-OH is 1. The Morgan fingerprint density at radius 2 is 1.83 bits per heavy atom. The van der Waals surface area contributed by atoms with Gasteiger partial charge in [-0.2, -0.15) is 0 Å². The monoisotopic (exact) mass is 314 g/mol. The van der Waals surface area contributed by atoms with Crippen LogP contribution < -0.4 is 15.4 Å². The van der Waals surface area contributed by atoms with Gasteiger partial charge in [-0.1, -0.05) is 30.3 Å². The first kappa shape index (κ1) is 17.0. The molecular formula is C18H22N2O3. The number of nitrogens with one attached hydrogen (secondary N) is 2. The molecule has 0 aromatic heterocycles. The number of hydrogen-bond acceptors (Lipinski definition) is 4. The summed E-state index contributed by atoms with van der Waals surface area (Å²) in [7, 11) is 0. The fourth-order valence-electron chi connectivity index (χ4n) is 2.07. The van der Waals surface area contributed by atoms with Crippen LogP contribution >= 0.6 is 0 Å². The molecule has 2 aromatic carbocycles. The maximum absolute atomic E-state index is 10.9. The molecule has 0 aliphatic carbocycles. The summed E-state index contributed by atoms with van der Waals surface area (Å²) in [5.74, 6) is 0.541. The highest BCUT2D eigenvalue weighted by Crippen LogP contribution is 2.15. The summed E-state index contributed by atoms with van der Waals surface area (Å²) in [4.78, 5) is 10.9. The van der Waals surface area contributed by atoms with Crippen LogP contribution in [0.2, 0.25) is 0 Å². The second-order valence-corrected chi connectivity index (χ2v) is 5.29. The van der Waals surface area contributed by atoms with Crippen LogP contribution in [0.3, 0.4) is 0 Å². The number of amides is 1. The fraction of sp³-hybridized carbons (Fsp3) is 0.278. The predicted molar refractivity (Wildman–Crippen MR) is 90.4 cm³/mol. The van der Waals surface area contributed by atoms with Gasteiger partial charge in [0.1, 0.15) is 18.5 Å². The summed E-state index contributed by atoms with van der Waals surface area (Å²) in [6.07, 6.45) is -0.589. The van der Waals surface area contributed by atoms with Crippen molar-refractivity contribution in [2.45, 2.75) is 19.6 Å². The van der Waals surface area contributed by atoms with Gasteiger partial charge in [0.25, 0.3) is 0 Å². The zero-order valence-corrected chi connectivity index (χ0v) is 13.2. The van der Waals surface area contributed by atoms with Crippen molar-refractivity contribution in [1.82, 2.24) is 5.32 Å². The smallest absolute Gasteiger partial charge is 0.221 e. The van der Waals surface area contributed by atoms with E-state index in [0.717, 1.165) is 5.69 Å². The molecule has 0 aliphatic heterocycles. The molecule has 2 aromatic rings. The van der Waals surface area contributed by atoms with E-state index >= 15 is 0 Å². The highest BCUT2D eigenvalue weighted by Gasteiger charge is 2.05. The molecule has 122 valence electrons. The minimum absolute atomic E-state index is 0.112. The Morgan fingerprint density at radius 3 is 2.48 bits per heavy atom. The summed E-state index contributed by atoms with van der Waals surface area (Å²) in [5.41, 5.74) is 1.89. The number of anilines is 1. The predicted octanol–water partition coefficient (Wildman–Crippen LogP) is 2.17. The quantitative estimate of drug-likeness (QED) is 0.698. The summed E-state index contributed by atoms with van der Waals surface area (Å²) in [6.45, 7) is 2.84. The molecule has 0 fully saturated rings. The van der Waals surface area contributed by atoms with Crippen LogP contribution in [0.5, 0.6) is 5.75 Å². The topological polar surface area (TPSA) is 70.6 Å². The van der Waals surface area contributed by atoms with E-state index in [-0.39, 0.29) is 12.5 Å². The normalized spacial score (nSPS) is 11.7. The van der Waals surface area contributed by atoms with Gasteiger partial charge in [-0.3, -0.25) is 4.79 Å². The zero-order valence-electron chi connectivity index (χ0n) is 13.2. The Morgan fingerprint density at radius 1 is 1.13 bits per heavy atom. The average Bonchev–Trinajstić information content (AvgIpc) is 2.55. The first-order valence-electron chi connectivity index (χ1n) is 7.56. The van der Waals surface area contributed by atoms with Gasteiger partial charge in [0.15, 0.2) is 0 Å². The number of hydrogen-bond donors (Lipinski definition) is 3. The second kappa shape index (κ2) is 8.92. The summed E-state index contributed by atoms with van der Waals surface area (Å²) in [6, 6.07) is 17.1. The Bertz CT molecular complexity index is 599. The van der Waals surface area contributed by atoms with Gasteiger partial charge in [0, 0.05) is 25.7 Å². The van der Waals surface area contributed by atoms with Crippen molar-refractivity contribution in [3.05, 3.63) is 60.2 Å². The van der Waals surface area contributed by atoms with E-state index in [1.807, 2.05) is 30.3 Å². The van der Waals surface area contributed by atoms with E-state index in [0.29, 0.717) is 18.8 Å². The minimum Gasteiger partial charge on any atom is -0.491 e. The van der Waals surface area contributed by atoms with Crippen LogP contribution in [0, 0.1) is 0 Å². The van der Waals surface area contributed by atoms with Crippen molar-refractivity contribution in [3.63, 3.8) is 0 Å². The number of ether oxygens (including phenoxy) is 1. The van der Waals surface area contributed by atoms with Crippen molar-refractivity contribution >= 4 is 11.6 Å². The Balaban J connectivity index is 1.67. The Hall–Kier alpha value is -2.37. The van der Waals surface area contributed by atoms with Gasteiger partial charge in [-0.25, -0.2) is 0 Å². The first-order chi connectivity index (χ1) is 11.1. The standard InChI is InChI=1S/C18H22N2O3/c1-14(21)20-16-7-9-18(10-8-16)23-13-17(22)12-19-11-15-5-3-2-4-6-15/h2-10,17,19,22H,11-13H2,1H3,(H,20,21)/t17-/m0/s1. The van der Waals surface area contributed by atoms with E-state index in [2.05, 4.69) is 10.6 Å². The van der Waals surface area contributed by atoms with Crippen molar-refractivity contribution < 1.29 is 14.6 Å². The zero-order chi connectivity index (χ0) is 16.5. The molecule has 0 bridgehead atoms. The Kier molecular flexibility index (Phi) is 6.59. The van der Waals surface area contributed by atoms with E-state index < -0.39 is 6.10 Å². The van der Waals surface area contributed by atoms with E-state index in [9.17, 15) is 9.90 Å².